The molecule has 1 aliphatic rings. The van der Waals surface area contributed by atoms with Crippen molar-refractivity contribution in [3.63, 3.8) is 0 Å². The van der Waals surface area contributed by atoms with E-state index in [0.717, 1.165) is 39.3 Å². The van der Waals surface area contributed by atoms with Crippen molar-refractivity contribution in [1.82, 2.24) is 9.88 Å². The first-order chi connectivity index (χ1) is 9.67. The first-order valence-corrected chi connectivity index (χ1v) is 8.04. The maximum atomic E-state index is 5.62. The first-order valence-electron chi connectivity index (χ1n) is 7.22. The third-order valence-electron chi connectivity index (χ3n) is 3.91. The number of benzene rings is 1. The number of hydrogen-bond acceptors (Lipinski definition) is 5. The average Bonchev–Trinajstić information content (AvgIpc) is 2.84. The molecule has 0 atom stereocenters. The van der Waals surface area contributed by atoms with E-state index in [1.54, 1.807) is 0 Å². The second-order valence-corrected chi connectivity index (χ2v) is 6.55. The minimum Gasteiger partial charge on any atom is -0.345 e. The molecule has 1 aliphatic heterocycles. The number of thiazole rings is 1. The summed E-state index contributed by atoms with van der Waals surface area (Å²) in [5.74, 6) is 0. The van der Waals surface area contributed by atoms with Crippen LogP contribution in [0.2, 0.25) is 0 Å². The Hall–Kier alpha value is -1.17. The summed E-state index contributed by atoms with van der Waals surface area (Å²) in [6.45, 7) is 10.3. The number of nitrogens with zero attached hydrogens (tertiary/aromatic N) is 3. The number of piperazine rings is 1. The van der Waals surface area contributed by atoms with Crippen LogP contribution in [0, 0.1) is 13.8 Å². The fraction of sp³-hybridized carbons (Fsp3) is 0.533. The van der Waals surface area contributed by atoms with Crippen LogP contribution < -0.4 is 10.6 Å². The van der Waals surface area contributed by atoms with Crippen molar-refractivity contribution in [1.29, 1.82) is 0 Å². The smallest absolute Gasteiger partial charge is 0.186 e. The number of aryl methyl sites for hydroxylation is 2. The van der Waals surface area contributed by atoms with Crippen molar-refractivity contribution < 1.29 is 0 Å². The molecule has 0 radical (unpaired) electrons. The van der Waals surface area contributed by atoms with E-state index in [1.165, 1.54) is 26.5 Å². The minimum atomic E-state index is 0.750. The van der Waals surface area contributed by atoms with Crippen molar-refractivity contribution in [3.05, 3.63) is 23.3 Å². The standard InChI is InChI=1S/C15H22N4S/c1-11-9-12(2)14-13(10-11)20-15(17-14)19-7-5-18(4-3-16)6-8-19/h9-10H,3-8,16H2,1-2H3. The van der Waals surface area contributed by atoms with Gasteiger partial charge in [0, 0.05) is 39.3 Å². The molecule has 0 amide bonds. The quantitative estimate of drug-likeness (QED) is 0.939. The highest BCUT2D eigenvalue weighted by atomic mass is 32.1. The predicted molar refractivity (Wildman–Crippen MR) is 86.8 cm³/mol. The predicted octanol–water partition coefficient (Wildman–Crippen LogP) is 1.99. The summed E-state index contributed by atoms with van der Waals surface area (Å²) in [7, 11) is 0. The molecule has 0 aliphatic carbocycles. The van der Waals surface area contributed by atoms with Gasteiger partial charge in [-0.15, -0.1) is 0 Å². The Kier molecular flexibility index (Phi) is 3.92. The number of aromatic nitrogens is 1. The van der Waals surface area contributed by atoms with Crippen molar-refractivity contribution >= 4 is 26.7 Å². The van der Waals surface area contributed by atoms with E-state index in [1.807, 2.05) is 11.3 Å². The Balaban J connectivity index is 1.80. The normalized spacial score (nSPS) is 17.1. The zero-order valence-electron chi connectivity index (χ0n) is 12.2. The molecule has 0 bridgehead atoms. The molecule has 3 rings (SSSR count). The van der Waals surface area contributed by atoms with Gasteiger partial charge in [0.2, 0.25) is 0 Å². The molecule has 2 aromatic rings. The highest BCUT2D eigenvalue weighted by molar-refractivity contribution is 7.22. The van der Waals surface area contributed by atoms with Crippen LogP contribution in [-0.4, -0.2) is 49.2 Å². The summed E-state index contributed by atoms with van der Waals surface area (Å²) in [5.41, 5.74) is 9.39. The molecule has 0 saturated carbocycles. The molecule has 2 N–H and O–H groups in total. The maximum Gasteiger partial charge on any atom is 0.186 e. The molecule has 108 valence electrons. The largest absolute Gasteiger partial charge is 0.345 e. The van der Waals surface area contributed by atoms with Crippen LogP contribution in [-0.2, 0) is 0 Å². The van der Waals surface area contributed by atoms with Gasteiger partial charge >= 0.3 is 0 Å². The molecule has 1 aromatic carbocycles. The Bertz CT molecular complexity index is 599. The molecule has 20 heavy (non-hydrogen) atoms. The minimum absolute atomic E-state index is 0.750. The summed E-state index contributed by atoms with van der Waals surface area (Å²) < 4.78 is 1.31. The molecule has 0 unspecified atom stereocenters. The molecular weight excluding hydrogens is 268 g/mol. The lowest BCUT2D eigenvalue weighted by Crippen LogP contribution is -2.47. The number of hydrogen-bond donors (Lipinski definition) is 1. The lowest BCUT2D eigenvalue weighted by Gasteiger charge is -2.34. The highest BCUT2D eigenvalue weighted by Crippen LogP contribution is 2.31. The number of fused-ring (bicyclic) bond motifs is 1. The fourth-order valence-corrected chi connectivity index (χ4v) is 4.03. The van der Waals surface area contributed by atoms with Crippen LogP contribution in [0.4, 0.5) is 5.13 Å². The molecule has 5 heteroatoms. The first kappa shape index (κ1) is 13.8. The molecule has 1 fully saturated rings. The Morgan fingerprint density at radius 1 is 1.20 bits per heavy atom. The molecule has 1 saturated heterocycles. The van der Waals surface area contributed by atoms with Crippen LogP contribution in [0.1, 0.15) is 11.1 Å². The van der Waals surface area contributed by atoms with Crippen molar-refractivity contribution in [2.24, 2.45) is 5.73 Å². The van der Waals surface area contributed by atoms with Crippen LogP contribution in [0.25, 0.3) is 10.2 Å². The van der Waals surface area contributed by atoms with E-state index in [-0.39, 0.29) is 0 Å². The highest BCUT2D eigenvalue weighted by Gasteiger charge is 2.19. The summed E-state index contributed by atoms with van der Waals surface area (Å²) in [5, 5.41) is 1.17. The van der Waals surface area contributed by atoms with E-state index in [9.17, 15) is 0 Å². The summed E-state index contributed by atoms with van der Waals surface area (Å²) in [4.78, 5) is 9.69. The second-order valence-electron chi connectivity index (χ2n) is 5.54. The number of rotatable bonds is 3. The zero-order chi connectivity index (χ0) is 14.1. The summed E-state index contributed by atoms with van der Waals surface area (Å²) in [6.07, 6.45) is 0. The van der Waals surface area contributed by atoms with Gasteiger partial charge in [0.25, 0.3) is 0 Å². The van der Waals surface area contributed by atoms with Crippen molar-refractivity contribution in [2.45, 2.75) is 13.8 Å². The van der Waals surface area contributed by atoms with Gasteiger partial charge in [-0.25, -0.2) is 4.98 Å². The van der Waals surface area contributed by atoms with E-state index >= 15 is 0 Å². The van der Waals surface area contributed by atoms with Gasteiger partial charge in [-0.3, -0.25) is 4.90 Å². The Morgan fingerprint density at radius 2 is 1.95 bits per heavy atom. The number of nitrogens with two attached hydrogens (primary N) is 1. The van der Waals surface area contributed by atoms with Crippen molar-refractivity contribution in [3.8, 4) is 0 Å². The van der Waals surface area contributed by atoms with E-state index < -0.39 is 0 Å². The summed E-state index contributed by atoms with van der Waals surface area (Å²) >= 11 is 1.82. The number of anilines is 1. The molecular formula is C15H22N4S. The maximum absolute atomic E-state index is 5.62. The van der Waals surface area contributed by atoms with Gasteiger partial charge in [0.05, 0.1) is 10.2 Å². The van der Waals surface area contributed by atoms with Crippen LogP contribution in [0.3, 0.4) is 0 Å². The SMILES string of the molecule is Cc1cc(C)c2nc(N3CCN(CCN)CC3)sc2c1. The molecule has 1 aromatic heterocycles. The van der Waals surface area contributed by atoms with Gasteiger partial charge in [-0.2, -0.15) is 0 Å². The average molecular weight is 290 g/mol. The monoisotopic (exact) mass is 290 g/mol. The molecule has 0 spiro atoms. The van der Waals surface area contributed by atoms with Crippen molar-refractivity contribution in [2.75, 3.05) is 44.2 Å². The van der Waals surface area contributed by atoms with Crippen LogP contribution >= 0.6 is 11.3 Å². The fourth-order valence-electron chi connectivity index (χ4n) is 2.84. The lowest BCUT2D eigenvalue weighted by atomic mass is 10.1. The zero-order valence-corrected chi connectivity index (χ0v) is 13.0. The molecule has 4 nitrogen and oxygen atoms in total. The summed E-state index contributed by atoms with van der Waals surface area (Å²) in [6, 6.07) is 4.46. The Labute approximate surface area is 124 Å². The van der Waals surface area contributed by atoms with Gasteiger partial charge in [-0.05, 0) is 31.0 Å². The lowest BCUT2D eigenvalue weighted by molar-refractivity contribution is 0.265. The van der Waals surface area contributed by atoms with Gasteiger partial charge in [-0.1, -0.05) is 17.4 Å². The third-order valence-corrected chi connectivity index (χ3v) is 4.97. The Morgan fingerprint density at radius 3 is 2.65 bits per heavy atom. The van der Waals surface area contributed by atoms with E-state index in [4.69, 9.17) is 10.7 Å². The van der Waals surface area contributed by atoms with Gasteiger partial charge in [0.15, 0.2) is 5.13 Å². The topological polar surface area (TPSA) is 45.4 Å². The van der Waals surface area contributed by atoms with Crippen LogP contribution in [0.15, 0.2) is 12.1 Å². The van der Waals surface area contributed by atoms with Gasteiger partial charge < -0.3 is 10.6 Å². The second kappa shape index (κ2) is 5.68. The molecule has 2 heterocycles. The third kappa shape index (κ3) is 2.66. The van der Waals surface area contributed by atoms with E-state index in [2.05, 4.69) is 35.8 Å². The van der Waals surface area contributed by atoms with Gasteiger partial charge in [0.1, 0.15) is 0 Å². The van der Waals surface area contributed by atoms with Crippen LogP contribution in [0.5, 0.6) is 0 Å². The van der Waals surface area contributed by atoms with E-state index in [0.29, 0.717) is 0 Å².